The minimum Gasteiger partial charge on any atom is -0.508 e. The third kappa shape index (κ3) is 6.06. The van der Waals surface area contributed by atoms with Crippen molar-refractivity contribution in [3.05, 3.63) is 89.5 Å². The summed E-state index contributed by atoms with van der Waals surface area (Å²) in [6.07, 6.45) is 4.27. The van der Waals surface area contributed by atoms with E-state index < -0.39 is 0 Å². The molecule has 3 rings (SSSR count). The molecule has 0 aliphatic heterocycles. The van der Waals surface area contributed by atoms with E-state index in [2.05, 4.69) is 11.9 Å². The molecule has 0 bridgehead atoms. The van der Waals surface area contributed by atoms with Gasteiger partial charge in [0.15, 0.2) is 5.78 Å². The van der Waals surface area contributed by atoms with Crippen molar-refractivity contribution in [3.8, 4) is 17.2 Å². The molecule has 0 radical (unpaired) electrons. The van der Waals surface area contributed by atoms with Crippen molar-refractivity contribution in [1.82, 2.24) is 0 Å². The number of ether oxygens (including phenoxy) is 1. The second-order valence-electron chi connectivity index (χ2n) is 7.06. The topological polar surface area (TPSA) is 79.1 Å². The van der Waals surface area contributed by atoms with Crippen LogP contribution in [0.4, 0.5) is 5.69 Å². The van der Waals surface area contributed by atoms with E-state index in [4.69, 9.17) is 4.74 Å². The van der Waals surface area contributed by atoms with Crippen LogP contribution in [-0.2, 0) is 0 Å². The predicted molar refractivity (Wildman–Crippen MR) is 124 cm³/mol. The summed E-state index contributed by atoms with van der Waals surface area (Å²) in [5, 5.41) is 19.4. The highest BCUT2D eigenvalue weighted by Crippen LogP contribution is 2.25. The summed E-state index contributed by atoms with van der Waals surface area (Å²) in [7, 11) is 0. The van der Waals surface area contributed by atoms with Crippen molar-refractivity contribution in [1.29, 1.82) is 0 Å². The highest BCUT2D eigenvalue weighted by Gasteiger charge is 2.07. The highest BCUT2D eigenvalue weighted by molar-refractivity contribution is 6.07. The number of benzene rings is 3. The Kier molecular flexibility index (Phi) is 7.22. The first-order valence-corrected chi connectivity index (χ1v) is 10.1. The first-order valence-electron chi connectivity index (χ1n) is 10.1. The Morgan fingerprint density at radius 3 is 2.35 bits per heavy atom. The minimum absolute atomic E-state index is 0.00857. The number of ketones is 1. The fourth-order valence-corrected chi connectivity index (χ4v) is 2.94. The van der Waals surface area contributed by atoms with Crippen LogP contribution in [0.3, 0.4) is 0 Å². The Balaban J connectivity index is 1.66. The number of carbonyl (C=O) groups is 1. The fraction of sp³-hybridized carbons (Fsp3) is 0.154. The fourth-order valence-electron chi connectivity index (χ4n) is 2.94. The van der Waals surface area contributed by atoms with Crippen LogP contribution in [0.2, 0.25) is 0 Å². The van der Waals surface area contributed by atoms with Crippen molar-refractivity contribution >= 4 is 23.3 Å². The largest absolute Gasteiger partial charge is 0.508 e. The average Bonchev–Trinajstić information content (AvgIpc) is 2.77. The molecule has 0 aliphatic carbocycles. The molecule has 5 heteroatoms. The number of allylic oxidation sites excluding steroid dienone is 1. The summed E-state index contributed by atoms with van der Waals surface area (Å²) >= 11 is 0. The van der Waals surface area contributed by atoms with Crippen LogP contribution in [0.15, 0.2) is 77.8 Å². The zero-order valence-electron chi connectivity index (χ0n) is 17.6. The summed E-state index contributed by atoms with van der Waals surface area (Å²) in [6, 6.07) is 18.9. The number of carbonyl (C=O) groups excluding carboxylic acids is 1. The van der Waals surface area contributed by atoms with Crippen LogP contribution in [0, 0.1) is 0 Å². The maximum absolute atomic E-state index is 12.5. The zero-order valence-corrected chi connectivity index (χ0v) is 17.6. The Bertz CT molecular complexity index is 1100. The Morgan fingerprint density at radius 2 is 1.71 bits per heavy atom. The molecule has 0 unspecified atom stereocenters. The van der Waals surface area contributed by atoms with Crippen LogP contribution in [-0.4, -0.2) is 28.3 Å². The van der Waals surface area contributed by atoms with Gasteiger partial charge in [-0.05, 0) is 73.5 Å². The smallest absolute Gasteiger partial charge is 0.185 e. The molecule has 0 saturated heterocycles. The molecule has 5 nitrogen and oxygen atoms in total. The van der Waals surface area contributed by atoms with Crippen LogP contribution in [0.25, 0.3) is 6.08 Å². The normalized spacial score (nSPS) is 11.6. The van der Waals surface area contributed by atoms with Gasteiger partial charge in [0.25, 0.3) is 0 Å². The molecular formula is C26H25NO4. The van der Waals surface area contributed by atoms with Gasteiger partial charge in [-0.25, -0.2) is 0 Å². The molecule has 0 aromatic heterocycles. The summed E-state index contributed by atoms with van der Waals surface area (Å²) < 4.78 is 5.56. The second-order valence-corrected chi connectivity index (χ2v) is 7.06. The van der Waals surface area contributed by atoms with Crippen LogP contribution in [0.1, 0.15) is 41.8 Å². The lowest BCUT2D eigenvalue weighted by molar-refractivity contribution is 0.104. The molecule has 0 fully saturated rings. The van der Waals surface area contributed by atoms with Crippen molar-refractivity contribution in [2.45, 2.75) is 20.3 Å². The highest BCUT2D eigenvalue weighted by atomic mass is 16.5. The number of aliphatic imine (C=N–C) groups is 1. The van der Waals surface area contributed by atoms with E-state index in [-0.39, 0.29) is 17.3 Å². The third-order valence-corrected chi connectivity index (χ3v) is 4.60. The van der Waals surface area contributed by atoms with Crippen molar-refractivity contribution < 1.29 is 19.7 Å². The second kappa shape index (κ2) is 10.3. The quantitative estimate of drug-likeness (QED) is 0.272. The standard InChI is InChI=1S/C26H25NO4/c1-3-16-31-23-12-4-19(5-13-23)6-15-25(29)20-7-9-21(10-8-20)27-18(2)24-14-11-22(28)17-26(24)30/h4-15,17,28,30H,3,16H2,1-2H3. The molecule has 0 atom stereocenters. The molecular weight excluding hydrogens is 390 g/mol. The van der Waals surface area contributed by atoms with Crippen LogP contribution < -0.4 is 4.74 Å². The van der Waals surface area contributed by atoms with Crippen LogP contribution in [0.5, 0.6) is 17.2 Å². The number of rotatable bonds is 8. The van der Waals surface area contributed by atoms with Gasteiger partial charge in [-0.3, -0.25) is 9.79 Å². The molecule has 3 aromatic carbocycles. The summed E-state index contributed by atoms with van der Waals surface area (Å²) in [5.41, 5.74) is 3.27. The maximum atomic E-state index is 12.5. The lowest BCUT2D eigenvalue weighted by Crippen LogP contribution is -1.95. The minimum atomic E-state index is -0.102. The van der Waals surface area contributed by atoms with E-state index in [0.717, 1.165) is 17.7 Å². The molecule has 0 amide bonds. The monoisotopic (exact) mass is 415 g/mol. The predicted octanol–water partition coefficient (Wildman–Crippen LogP) is 5.92. The first-order chi connectivity index (χ1) is 15.0. The van der Waals surface area contributed by atoms with Crippen molar-refractivity contribution in [2.24, 2.45) is 4.99 Å². The Morgan fingerprint density at radius 1 is 1.00 bits per heavy atom. The van der Waals surface area contributed by atoms with Gasteiger partial charge < -0.3 is 14.9 Å². The summed E-state index contributed by atoms with van der Waals surface area (Å²) in [4.78, 5) is 16.9. The van der Waals surface area contributed by atoms with Gasteiger partial charge in [-0.15, -0.1) is 0 Å². The van der Waals surface area contributed by atoms with Gasteiger partial charge in [0.05, 0.1) is 12.3 Å². The molecule has 3 aromatic rings. The third-order valence-electron chi connectivity index (χ3n) is 4.60. The average molecular weight is 415 g/mol. The van der Waals surface area contributed by atoms with Gasteiger partial charge in [0, 0.05) is 22.9 Å². The molecule has 2 N–H and O–H groups in total. The Labute approximate surface area is 182 Å². The number of hydrogen-bond acceptors (Lipinski definition) is 5. The SMILES string of the molecule is CCCOc1ccc(C=CC(=O)c2ccc(N=C(C)c3ccc(O)cc3O)cc2)cc1. The lowest BCUT2D eigenvalue weighted by Gasteiger charge is -2.05. The van der Waals surface area contributed by atoms with E-state index in [0.29, 0.717) is 29.1 Å². The van der Waals surface area contributed by atoms with E-state index in [1.807, 2.05) is 24.3 Å². The summed E-state index contributed by atoms with van der Waals surface area (Å²) in [5.74, 6) is 0.668. The molecule has 31 heavy (non-hydrogen) atoms. The van der Waals surface area contributed by atoms with Gasteiger partial charge in [0.2, 0.25) is 0 Å². The van der Waals surface area contributed by atoms with Gasteiger partial charge in [0.1, 0.15) is 17.2 Å². The number of phenols is 2. The maximum Gasteiger partial charge on any atom is 0.185 e. The first kappa shape index (κ1) is 21.8. The molecule has 0 saturated carbocycles. The Hall–Kier alpha value is -3.86. The molecule has 0 heterocycles. The van der Waals surface area contributed by atoms with E-state index in [9.17, 15) is 15.0 Å². The van der Waals surface area contributed by atoms with E-state index in [1.165, 1.54) is 12.1 Å². The van der Waals surface area contributed by atoms with Gasteiger partial charge in [-0.1, -0.05) is 25.1 Å². The van der Waals surface area contributed by atoms with Gasteiger partial charge in [-0.2, -0.15) is 0 Å². The van der Waals surface area contributed by atoms with Crippen molar-refractivity contribution in [2.75, 3.05) is 6.61 Å². The number of aromatic hydroxyl groups is 2. The number of hydrogen-bond donors (Lipinski definition) is 2. The van der Waals surface area contributed by atoms with Crippen molar-refractivity contribution in [3.63, 3.8) is 0 Å². The molecule has 0 aliphatic rings. The summed E-state index contributed by atoms with van der Waals surface area (Å²) in [6.45, 7) is 4.51. The molecule has 0 spiro atoms. The zero-order chi connectivity index (χ0) is 22.2. The lowest BCUT2D eigenvalue weighted by atomic mass is 10.1. The van der Waals surface area contributed by atoms with E-state index >= 15 is 0 Å². The molecule has 158 valence electrons. The number of phenolic OH excluding ortho intramolecular Hbond substituents is 2. The van der Waals surface area contributed by atoms with E-state index in [1.54, 1.807) is 49.4 Å². The van der Waals surface area contributed by atoms with Crippen LogP contribution >= 0.6 is 0 Å². The number of nitrogens with zero attached hydrogens (tertiary/aromatic N) is 1. The van der Waals surface area contributed by atoms with Gasteiger partial charge >= 0.3 is 0 Å².